The number of benzene rings is 1. The lowest BCUT2D eigenvalue weighted by Gasteiger charge is -2.45. The van der Waals surface area contributed by atoms with Gasteiger partial charge in [0, 0.05) is 45.5 Å². The topological polar surface area (TPSA) is 75.6 Å². The average molecular weight is 368 g/mol. The fourth-order valence-electron chi connectivity index (χ4n) is 4.63. The first-order valence-corrected chi connectivity index (χ1v) is 9.30. The number of piperidine rings is 1. The highest BCUT2D eigenvalue weighted by molar-refractivity contribution is 5.88. The van der Waals surface area contributed by atoms with Crippen molar-refractivity contribution in [3.05, 3.63) is 36.2 Å². The van der Waals surface area contributed by atoms with Gasteiger partial charge in [0.15, 0.2) is 0 Å². The molecule has 3 heterocycles. The summed E-state index contributed by atoms with van der Waals surface area (Å²) in [5, 5.41) is 0. The maximum atomic E-state index is 12.3. The number of fused-ring (bicyclic) bond motifs is 1. The van der Waals surface area contributed by atoms with E-state index in [0.717, 1.165) is 49.1 Å². The number of ether oxygens (including phenoxy) is 1. The molecule has 27 heavy (non-hydrogen) atoms. The molecule has 2 fully saturated rings. The van der Waals surface area contributed by atoms with Gasteiger partial charge in [0.2, 0.25) is 5.91 Å². The van der Waals surface area contributed by atoms with E-state index >= 15 is 0 Å². The Morgan fingerprint density at radius 3 is 2.74 bits per heavy atom. The molecule has 1 spiro atoms. The van der Waals surface area contributed by atoms with Gasteiger partial charge in [-0.2, -0.15) is 0 Å². The predicted octanol–water partition coefficient (Wildman–Crippen LogP) is 1.62. The molecule has 0 saturated carbocycles. The van der Waals surface area contributed by atoms with Crippen LogP contribution in [0.1, 0.15) is 24.8 Å². The van der Waals surface area contributed by atoms with E-state index in [1.54, 1.807) is 17.3 Å². The van der Waals surface area contributed by atoms with Crippen molar-refractivity contribution in [2.45, 2.75) is 31.3 Å². The van der Waals surface area contributed by atoms with Crippen LogP contribution in [0, 0.1) is 5.92 Å². The van der Waals surface area contributed by atoms with E-state index in [1.165, 1.54) is 7.11 Å². The van der Waals surface area contributed by atoms with Gasteiger partial charge in [0.05, 0.1) is 29.6 Å². The van der Waals surface area contributed by atoms with E-state index < -0.39 is 5.54 Å². The Morgan fingerprint density at radius 2 is 2.00 bits per heavy atom. The van der Waals surface area contributed by atoms with Crippen LogP contribution >= 0.6 is 0 Å². The van der Waals surface area contributed by atoms with Gasteiger partial charge in [-0.15, -0.1) is 0 Å². The number of hydrogen-bond acceptors (Lipinski definition) is 6. The lowest BCUT2D eigenvalue weighted by atomic mass is 9.77. The van der Waals surface area contributed by atoms with Crippen LogP contribution in [0.4, 0.5) is 0 Å². The minimum absolute atomic E-state index is 0.0307. The summed E-state index contributed by atoms with van der Waals surface area (Å²) in [6.45, 7) is 2.43. The van der Waals surface area contributed by atoms with E-state index in [2.05, 4.69) is 20.9 Å². The van der Waals surface area contributed by atoms with Crippen molar-refractivity contribution in [1.82, 2.24) is 19.8 Å². The number of aromatic nitrogens is 2. The number of para-hydroxylation sites is 1. The zero-order chi connectivity index (χ0) is 19.0. The largest absolute Gasteiger partial charge is 0.469 e. The van der Waals surface area contributed by atoms with Crippen molar-refractivity contribution in [2.75, 3.05) is 27.2 Å². The molecule has 2 saturated heterocycles. The third-order valence-electron chi connectivity index (χ3n) is 6.25. The van der Waals surface area contributed by atoms with Crippen molar-refractivity contribution >= 4 is 22.9 Å². The Hall–Kier alpha value is -2.54. The fraction of sp³-hybridized carbons (Fsp3) is 0.500. The lowest BCUT2D eigenvalue weighted by molar-refractivity contribution is -0.149. The summed E-state index contributed by atoms with van der Waals surface area (Å²) in [7, 11) is 3.22. The molecule has 1 amide bonds. The molecule has 0 N–H and O–H groups in total. The Labute approximate surface area is 158 Å². The van der Waals surface area contributed by atoms with E-state index in [0.29, 0.717) is 0 Å². The molecule has 2 aliphatic rings. The number of rotatable bonds is 3. The molecule has 0 radical (unpaired) electrons. The van der Waals surface area contributed by atoms with Gasteiger partial charge in [-0.25, -0.2) is 0 Å². The highest BCUT2D eigenvalue weighted by Gasteiger charge is 2.55. The van der Waals surface area contributed by atoms with Crippen molar-refractivity contribution in [1.29, 1.82) is 0 Å². The normalized spacial score (nSPS) is 22.5. The van der Waals surface area contributed by atoms with E-state index in [9.17, 15) is 9.59 Å². The number of esters is 1. The van der Waals surface area contributed by atoms with Crippen LogP contribution in [0.2, 0.25) is 0 Å². The first-order chi connectivity index (χ1) is 13.0. The number of methoxy groups -OCH3 is 1. The van der Waals surface area contributed by atoms with E-state index in [-0.39, 0.29) is 24.2 Å². The number of likely N-dealkylation sites (tertiary alicyclic amines) is 2. The third-order valence-corrected chi connectivity index (χ3v) is 6.25. The Morgan fingerprint density at radius 1 is 1.26 bits per heavy atom. The second kappa shape index (κ2) is 6.88. The van der Waals surface area contributed by atoms with Crippen LogP contribution in [-0.4, -0.2) is 64.4 Å². The Kier molecular flexibility index (Phi) is 4.55. The van der Waals surface area contributed by atoms with Crippen molar-refractivity contribution in [3.63, 3.8) is 0 Å². The summed E-state index contributed by atoms with van der Waals surface area (Å²) in [5.74, 6) is -0.612. The third kappa shape index (κ3) is 2.96. The number of carbonyl (C=O) groups excluding carboxylic acids is 2. The molecular formula is C20H24N4O3. The van der Waals surface area contributed by atoms with Crippen LogP contribution in [0.15, 0.2) is 30.6 Å². The Bertz CT molecular complexity index is 871. The SMILES string of the molecule is COC(=O)C1CC(=O)N(C)C12CCN(Cc1cccc3nccnc13)CC2. The molecule has 4 rings (SSSR count). The molecule has 1 aromatic carbocycles. The highest BCUT2D eigenvalue weighted by atomic mass is 16.5. The standard InChI is InChI=1S/C20H24N4O3/c1-23-17(25)12-15(19(26)27-2)20(23)6-10-24(11-7-20)13-14-4-3-5-16-18(14)22-9-8-21-16/h3-5,8-9,15H,6-7,10-13H2,1-2H3. The number of hydrogen-bond donors (Lipinski definition) is 0. The molecule has 7 heteroatoms. The molecule has 1 atom stereocenters. The molecule has 0 bridgehead atoms. The molecule has 2 aromatic rings. The molecule has 1 aromatic heterocycles. The van der Waals surface area contributed by atoms with Crippen LogP contribution < -0.4 is 0 Å². The van der Waals surface area contributed by atoms with Gasteiger partial charge in [-0.05, 0) is 24.5 Å². The van der Waals surface area contributed by atoms with E-state index in [4.69, 9.17) is 4.74 Å². The maximum Gasteiger partial charge on any atom is 0.311 e. The fourth-order valence-corrected chi connectivity index (χ4v) is 4.63. The molecule has 7 nitrogen and oxygen atoms in total. The van der Waals surface area contributed by atoms with Gasteiger partial charge in [0.1, 0.15) is 0 Å². The van der Waals surface area contributed by atoms with Gasteiger partial charge < -0.3 is 9.64 Å². The molecule has 0 aliphatic carbocycles. The van der Waals surface area contributed by atoms with Gasteiger partial charge in [0.25, 0.3) is 0 Å². The summed E-state index contributed by atoms with van der Waals surface area (Å²) in [5.41, 5.74) is 2.56. The summed E-state index contributed by atoms with van der Waals surface area (Å²) in [6, 6.07) is 6.06. The van der Waals surface area contributed by atoms with Gasteiger partial charge in [-0.1, -0.05) is 12.1 Å². The zero-order valence-corrected chi connectivity index (χ0v) is 15.7. The van der Waals surface area contributed by atoms with Crippen LogP contribution in [0.5, 0.6) is 0 Å². The van der Waals surface area contributed by atoms with Crippen LogP contribution in [-0.2, 0) is 20.9 Å². The predicted molar refractivity (Wildman–Crippen MR) is 99.7 cm³/mol. The summed E-state index contributed by atoms with van der Waals surface area (Å²) in [4.78, 5) is 37.6. The maximum absolute atomic E-state index is 12.3. The molecular weight excluding hydrogens is 344 g/mol. The highest BCUT2D eigenvalue weighted by Crippen LogP contribution is 2.43. The molecule has 1 unspecified atom stereocenters. The Balaban J connectivity index is 1.51. The number of carbonyl (C=O) groups is 2. The number of amides is 1. The lowest BCUT2D eigenvalue weighted by Crippen LogP contribution is -2.56. The zero-order valence-electron chi connectivity index (χ0n) is 15.7. The quantitative estimate of drug-likeness (QED) is 0.767. The summed E-state index contributed by atoms with van der Waals surface area (Å²) < 4.78 is 4.98. The minimum atomic E-state index is -0.417. The number of nitrogens with zero attached hydrogens (tertiary/aromatic N) is 4. The molecule has 2 aliphatic heterocycles. The average Bonchev–Trinajstić information content (AvgIpc) is 2.94. The van der Waals surface area contributed by atoms with E-state index in [1.807, 2.05) is 19.2 Å². The van der Waals surface area contributed by atoms with Crippen molar-refractivity contribution < 1.29 is 14.3 Å². The second-order valence-corrected chi connectivity index (χ2v) is 7.45. The van der Waals surface area contributed by atoms with Crippen molar-refractivity contribution in [2.24, 2.45) is 5.92 Å². The monoisotopic (exact) mass is 368 g/mol. The first kappa shape index (κ1) is 17.9. The van der Waals surface area contributed by atoms with Crippen LogP contribution in [0.3, 0.4) is 0 Å². The van der Waals surface area contributed by atoms with Crippen LogP contribution in [0.25, 0.3) is 11.0 Å². The molecule has 142 valence electrons. The van der Waals surface area contributed by atoms with Gasteiger partial charge in [-0.3, -0.25) is 24.5 Å². The van der Waals surface area contributed by atoms with Gasteiger partial charge >= 0.3 is 5.97 Å². The minimum Gasteiger partial charge on any atom is -0.469 e. The van der Waals surface area contributed by atoms with Crippen molar-refractivity contribution in [3.8, 4) is 0 Å². The first-order valence-electron chi connectivity index (χ1n) is 9.30. The summed E-state index contributed by atoms with van der Waals surface area (Å²) >= 11 is 0. The smallest absolute Gasteiger partial charge is 0.311 e. The summed E-state index contributed by atoms with van der Waals surface area (Å²) in [6.07, 6.45) is 5.22. The second-order valence-electron chi connectivity index (χ2n) is 7.45.